The van der Waals surface area contributed by atoms with Crippen molar-refractivity contribution in [3.05, 3.63) is 0 Å². The number of carbonyl (C=O) groups is 1. The Balaban J connectivity index is 1.49. The van der Waals surface area contributed by atoms with Gasteiger partial charge < -0.3 is 15.4 Å². The lowest BCUT2D eigenvalue weighted by Crippen LogP contribution is -2.52. The molecule has 0 radical (unpaired) electrons. The van der Waals surface area contributed by atoms with Gasteiger partial charge in [0.2, 0.25) is 5.91 Å². The van der Waals surface area contributed by atoms with Gasteiger partial charge in [-0.05, 0) is 55.8 Å². The van der Waals surface area contributed by atoms with Crippen LogP contribution in [-0.4, -0.2) is 43.2 Å². The number of nitrogens with zero attached hydrogens (tertiary/aromatic N) is 1. The van der Waals surface area contributed by atoms with Crippen LogP contribution in [0.15, 0.2) is 0 Å². The van der Waals surface area contributed by atoms with E-state index in [1.165, 1.54) is 32.1 Å². The zero-order valence-electron chi connectivity index (χ0n) is 12.9. The van der Waals surface area contributed by atoms with Gasteiger partial charge in [0.1, 0.15) is 0 Å². The van der Waals surface area contributed by atoms with E-state index in [-0.39, 0.29) is 5.92 Å². The van der Waals surface area contributed by atoms with Gasteiger partial charge >= 0.3 is 0 Å². The van der Waals surface area contributed by atoms with Gasteiger partial charge in [0, 0.05) is 25.0 Å². The Morgan fingerprint density at radius 1 is 1.19 bits per heavy atom. The topological polar surface area (TPSA) is 55.6 Å². The third kappa shape index (κ3) is 2.14. The number of rotatable bonds is 1. The molecule has 118 valence electrons. The van der Waals surface area contributed by atoms with Gasteiger partial charge in [-0.25, -0.2) is 0 Å². The van der Waals surface area contributed by atoms with Crippen LogP contribution in [0, 0.1) is 23.2 Å². The number of morpholine rings is 1. The Bertz CT molecular complexity index is 417. The van der Waals surface area contributed by atoms with E-state index in [2.05, 4.69) is 0 Å². The fourth-order valence-electron chi connectivity index (χ4n) is 5.87. The van der Waals surface area contributed by atoms with Gasteiger partial charge in [-0.1, -0.05) is 6.42 Å². The van der Waals surface area contributed by atoms with Crippen molar-refractivity contribution in [3.8, 4) is 0 Å². The van der Waals surface area contributed by atoms with Gasteiger partial charge in [0.15, 0.2) is 0 Å². The van der Waals surface area contributed by atoms with Crippen molar-refractivity contribution in [1.82, 2.24) is 4.90 Å². The van der Waals surface area contributed by atoms with Crippen LogP contribution in [0.2, 0.25) is 0 Å². The van der Waals surface area contributed by atoms with E-state index in [0.29, 0.717) is 30.6 Å². The number of carbonyl (C=O) groups excluding carboxylic acids is 1. The smallest absolute Gasteiger partial charge is 0.225 e. The van der Waals surface area contributed by atoms with Crippen molar-refractivity contribution >= 4 is 5.91 Å². The first-order valence-electron chi connectivity index (χ1n) is 8.83. The molecule has 5 atom stereocenters. The number of hydrogen-bond donors (Lipinski definition) is 1. The van der Waals surface area contributed by atoms with Crippen LogP contribution in [0.1, 0.15) is 44.9 Å². The monoisotopic (exact) mass is 292 g/mol. The van der Waals surface area contributed by atoms with Gasteiger partial charge in [-0.15, -0.1) is 0 Å². The molecular formula is C17H28N2O2. The number of nitrogens with two attached hydrogens (primary N) is 1. The Morgan fingerprint density at radius 2 is 2.00 bits per heavy atom. The molecule has 0 unspecified atom stereocenters. The summed E-state index contributed by atoms with van der Waals surface area (Å²) in [6.45, 7) is 2.96. The summed E-state index contributed by atoms with van der Waals surface area (Å²) in [5, 5.41) is 0. The Kier molecular flexibility index (Phi) is 3.49. The third-order valence-electron chi connectivity index (χ3n) is 6.95. The van der Waals surface area contributed by atoms with Gasteiger partial charge in [-0.2, -0.15) is 0 Å². The number of fused-ring (bicyclic) bond motifs is 3. The molecule has 1 heterocycles. The summed E-state index contributed by atoms with van der Waals surface area (Å²) in [6, 6.07) is 0.358. The number of ether oxygens (including phenoxy) is 1. The van der Waals surface area contributed by atoms with E-state index in [0.717, 1.165) is 37.8 Å². The summed E-state index contributed by atoms with van der Waals surface area (Å²) >= 11 is 0. The molecule has 4 fully saturated rings. The third-order valence-corrected chi connectivity index (χ3v) is 6.95. The summed E-state index contributed by atoms with van der Waals surface area (Å²) in [4.78, 5) is 14.9. The highest BCUT2D eigenvalue weighted by Crippen LogP contribution is 2.61. The fraction of sp³-hybridized carbons (Fsp3) is 0.941. The molecule has 2 N–H and O–H groups in total. The minimum Gasteiger partial charge on any atom is -0.378 e. The second kappa shape index (κ2) is 5.24. The minimum absolute atomic E-state index is 0.224. The standard InChI is InChI=1S/C17H28N2O2/c18-15-12-3-4-14(10-12)17(15)5-1-2-13(11-17)16(20)19-6-8-21-9-7-19/h12-15H,1-11,18H2/t12-,13+,14+,15-,17-/m1/s1. The predicted octanol–water partition coefficient (Wildman–Crippen LogP) is 1.78. The average molecular weight is 292 g/mol. The SMILES string of the molecule is N[C@@H]1[C@@H]2CC[C@@H](C2)[C@]12CCC[C@H](C(=O)N1CCOCC1)C2. The van der Waals surface area contributed by atoms with Crippen molar-refractivity contribution in [2.75, 3.05) is 26.3 Å². The van der Waals surface area contributed by atoms with E-state index >= 15 is 0 Å². The highest BCUT2D eigenvalue weighted by atomic mass is 16.5. The maximum atomic E-state index is 12.8. The van der Waals surface area contributed by atoms with E-state index in [9.17, 15) is 4.79 Å². The molecule has 2 bridgehead atoms. The van der Waals surface area contributed by atoms with Crippen LogP contribution in [0.5, 0.6) is 0 Å². The van der Waals surface area contributed by atoms with Crippen molar-refractivity contribution < 1.29 is 9.53 Å². The molecule has 4 nitrogen and oxygen atoms in total. The molecule has 1 spiro atoms. The zero-order chi connectivity index (χ0) is 14.4. The highest BCUT2D eigenvalue weighted by molar-refractivity contribution is 5.79. The van der Waals surface area contributed by atoms with Crippen LogP contribution in [0.4, 0.5) is 0 Å². The Labute approximate surface area is 127 Å². The molecule has 4 aliphatic rings. The molecule has 4 rings (SSSR count). The summed E-state index contributed by atoms with van der Waals surface area (Å²) in [5.74, 6) is 2.15. The summed E-state index contributed by atoms with van der Waals surface area (Å²) in [6.07, 6.45) is 8.61. The highest BCUT2D eigenvalue weighted by Gasteiger charge is 2.58. The first-order chi connectivity index (χ1) is 10.2. The average Bonchev–Trinajstić information content (AvgIpc) is 3.11. The summed E-state index contributed by atoms with van der Waals surface area (Å²) in [5.41, 5.74) is 6.92. The van der Waals surface area contributed by atoms with Gasteiger partial charge in [0.25, 0.3) is 0 Å². The van der Waals surface area contributed by atoms with Crippen molar-refractivity contribution in [2.24, 2.45) is 28.9 Å². The van der Waals surface area contributed by atoms with Gasteiger partial charge in [0.05, 0.1) is 13.2 Å². The molecule has 1 amide bonds. The first kappa shape index (κ1) is 14.0. The van der Waals surface area contributed by atoms with Crippen LogP contribution in [0.3, 0.4) is 0 Å². The van der Waals surface area contributed by atoms with E-state index < -0.39 is 0 Å². The molecule has 3 aliphatic carbocycles. The molecule has 0 aromatic heterocycles. The molecular weight excluding hydrogens is 264 g/mol. The lowest BCUT2D eigenvalue weighted by molar-refractivity contribution is -0.143. The summed E-state index contributed by atoms with van der Waals surface area (Å²) in [7, 11) is 0. The largest absolute Gasteiger partial charge is 0.378 e. The van der Waals surface area contributed by atoms with E-state index in [4.69, 9.17) is 10.5 Å². The van der Waals surface area contributed by atoms with E-state index in [1.807, 2.05) is 4.90 Å². The lowest BCUT2D eigenvalue weighted by Gasteiger charge is -2.48. The van der Waals surface area contributed by atoms with Gasteiger partial charge in [-0.3, -0.25) is 4.79 Å². The van der Waals surface area contributed by atoms with Crippen LogP contribution >= 0.6 is 0 Å². The molecule has 1 saturated heterocycles. The number of hydrogen-bond acceptors (Lipinski definition) is 3. The Morgan fingerprint density at radius 3 is 2.71 bits per heavy atom. The Hall–Kier alpha value is -0.610. The number of amides is 1. The van der Waals surface area contributed by atoms with Crippen molar-refractivity contribution in [3.63, 3.8) is 0 Å². The minimum atomic E-state index is 0.224. The molecule has 0 aromatic rings. The zero-order valence-corrected chi connectivity index (χ0v) is 12.9. The molecule has 0 aromatic carbocycles. The second-order valence-corrected chi connectivity index (χ2v) is 7.76. The van der Waals surface area contributed by atoms with Crippen molar-refractivity contribution in [2.45, 2.75) is 51.0 Å². The first-order valence-corrected chi connectivity index (χ1v) is 8.83. The van der Waals surface area contributed by atoms with Crippen LogP contribution < -0.4 is 5.73 Å². The van der Waals surface area contributed by atoms with E-state index in [1.54, 1.807) is 0 Å². The molecule has 1 aliphatic heterocycles. The molecule has 21 heavy (non-hydrogen) atoms. The van der Waals surface area contributed by atoms with Crippen molar-refractivity contribution in [1.29, 1.82) is 0 Å². The van der Waals surface area contributed by atoms with Crippen LogP contribution in [0.25, 0.3) is 0 Å². The maximum absolute atomic E-state index is 12.8. The quantitative estimate of drug-likeness (QED) is 0.801. The molecule has 3 saturated carbocycles. The fourth-order valence-corrected chi connectivity index (χ4v) is 5.87. The second-order valence-electron chi connectivity index (χ2n) is 7.76. The lowest BCUT2D eigenvalue weighted by atomic mass is 9.59. The molecule has 4 heteroatoms. The summed E-state index contributed by atoms with van der Waals surface area (Å²) < 4.78 is 5.37. The maximum Gasteiger partial charge on any atom is 0.225 e. The van der Waals surface area contributed by atoms with Crippen LogP contribution in [-0.2, 0) is 9.53 Å². The predicted molar refractivity (Wildman–Crippen MR) is 80.6 cm³/mol. The normalized spacial score (nSPS) is 46.2.